The number of methoxy groups -OCH3 is 1. The molecule has 0 radical (unpaired) electrons. The Balaban J connectivity index is 0.00000300. The Morgan fingerprint density at radius 2 is 2.07 bits per heavy atom. The minimum atomic E-state index is 0. The molecule has 1 aromatic carbocycles. The van der Waals surface area contributed by atoms with Crippen molar-refractivity contribution < 1.29 is 9.47 Å². The third-order valence-electron chi connectivity index (χ3n) is 4.91. The van der Waals surface area contributed by atoms with Crippen LogP contribution in [0.3, 0.4) is 0 Å². The first-order chi connectivity index (χ1) is 13.8. The maximum atomic E-state index is 5.68. The molecule has 8 heteroatoms. The van der Waals surface area contributed by atoms with Crippen molar-refractivity contribution in [2.24, 2.45) is 10.9 Å². The van der Waals surface area contributed by atoms with Gasteiger partial charge in [-0.15, -0.1) is 24.0 Å². The lowest BCUT2D eigenvalue weighted by atomic mass is 10.1. The summed E-state index contributed by atoms with van der Waals surface area (Å²) in [5.41, 5.74) is 2.40. The smallest absolute Gasteiger partial charge is 0.193 e. The van der Waals surface area contributed by atoms with E-state index in [1.165, 1.54) is 5.56 Å². The van der Waals surface area contributed by atoms with Gasteiger partial charge in [-0.05, 0) is 12.0 Å². The van der Waals surface area contributed by atoms with Crippen LogP contribution in [0.1, 0.15) is 17.5 Å². The molecule has 0 spiro atoms. The third-order valence-corrected chi connectivity index (χ3v) is 4.91. The molecule has 0 saturated carbocycles. The molecule has 0 bridgehead atoms. The fraction of sp³-hybridized carbons (Fsp3) is 0.524. The van der Waals surface area contributed by atoms with E-state index in [1.807, 2.05) is 24.0 Å². The topological polar surface area (TPSA) is 63.9 Å². The molecule has 2 aromatic rings. The van der Waals surface area contributed by atoms with Crippen molar-refractivity contribution in [1.82, 2.24) is 20.0 Å². The molecule has 1 unspecified atom stereocenters. The summed E-state index contributed by atoms with van der Waals surface area (Å²) in [6, 6.07) is 10.4. The lowest BCUT2D eigenvalue weighted by molar-refractivity contribution is 0.0536. The van der Waals surface area contributed by atoms with Gasteiger partial charge in [-0.1, -0.05) is 30.3 Å². The van der Waals surface area contributed by atoms with Crippen LogP contribution in [0.5, 0.6) is 0 Å². The summed E-state index contributed by atoms with van der Waals surface area (Å²) in [5, 5.41) is 7.93. The van der Waals surface area contributed by atoms with E-state index in [-0.39, 0.29) is 24.0 Å². The first-order valence-corrected chi connectivity index (χ1v) is 9.86. The van der Waals surface area contributed by atoms with E-state index in [9.17, 15) is 0 Å². The number of benzene rings is 1. The van der Waals surface area contributed by atoms with Crippen LogP contribution in [0.2, 0.25) is 0 Å². The second-order valence-electron chi connectivity index (χ2n) is 7.10. The minimum Gasteiger partial charge on any atom is -0.382 e. The Kier molecular flexibility index (Phi) is 10.4. The summed E-state index contributed by atoms with van der Waals surface area (Å²) in [6.07, 6.45) is 5.13. The summed E-state index contributed by atoms with van der Waals surface area (Å²) in [6.45, 7) is 5.57. The summed E-state index contributed by atoms with van der Waals surface area (Å²) in [4.78, 5) is 6.75. The second kappa shape index (κ2) is 12.8. The van der Waals surface area contributed by atoms with Crippen molar-refractivity contribution in [2.75, 3.05) is 47.1 Å². The fourth-order valence-corrected chi connectivity index (χ4v) is 3.42. The van der Waals surface area contributed by atoms with E-state index in [0.717, 1.165) is 44.2 Å². The van der Waals surface area contributed by atoms with Gasteiger partial charge in [-0.25, -0.2) is 0 Å². The number of halogens is 1. The molecule has 1 N–H and O–H groups in total. The van der Waals surface area contributed by atoms with Crippen LogP contribution in [0.25, 0.3) is 0 Å². The monoisotopic (exact) mass is 513 g/mol. The molecule has 1 aliphatic rings. The second-order valence-corrected chi connectivity index (χ2v) is 7.10. The average Bonchev–Trinajstić information content (AvgIpc) is 3.37. The molecule has 160 valence electrons. The number of rotatable bonds is 9. The summed E-state index contributed by atoms with van der Waals surface area (Å²) in [5.74, 6) is 1.49. The molecular formula is C21H32IN5O2. The number of hydrogen-bond acceptors (Lipinski definition) is 4. The van der Waals surface area contributed by atoms with Crippen molar-refractivity contribution >= 4 is 29.9 Å². The number of guanidine groups is 1. The van der Waals surface area contributed by atoms with Gasteiger partial charge in [0.15, 0.2) is 5.96 Å². The average molecular weight is 513 g/mol. The highest BCUT2D eigenvalue weighted by atomic mass is 127. The molecule has 1 fully saturated rings. The third kappa shape index (κ3) is 7.60. The van der Waals surface area contributed by atoms with Crippen molar-refractivity contribution in [3.8, 4) is 0 Å². The van der Waals surface area contributed by atoms with Crippen molar-refractivity contribution in [3.05, 3.63) is 53.9 Å². The van der Waals surface area contributed by atoms with Gasteiger partial charge in [0.05, 0.1) is 32.6 Å². The van der Waals surface area contributed by atoms with Gasteiger partial charge >= 0.3 is 0 Å². The number of nitrogens with zero attached hydrogens (tertiary/aromatic N) is 4. The fourth-order valence-electron chi connectivity index (χ4n) is 3.42. The zero-order chi connectivity index (χ0) is 19.6. The maximum Gasteiger partial charge on any atom is 0.193 e. The first-order valence-electron chi connectivity index (χ1n) is 9.86. The predicted octanol–water partition coefficient (Wildman–Crippen LogP) is 2.61. The first kappa shape index (κ1) is 23.6. The van der Waals surface area contributed by atoms with Crippen molar-refractivity contribution in [2.45, 2.75) is 19.5 Å². The van der Waals surface area contributed by atoms with Crippen LogP contribution in [0, 0.1) is 5.92 Å². The van der Waals surface area contributed by atoms with Gasteiger partial charge in [0.1, 0.15) is 0 Å². The van der Waals surface area contributed by atoms with E-state index in [1.54, 1.807) is 7.11 Å². The normalized spacial score (nSPS) is 16.7. The van der Waals surface area contributed by atoms with Gasteiger partial charge in [-0.3, -0.25) is 9.67 Å². The van der Waals surface area contributed by atoms with Crippen LogP contribution in [0.4, 0.5) is 0 Å². The molecule has 1 atom stereocenters. The summed E-state index contributed by atoms with van der Waals surface area (Å²) < 4.78 is 12.7. The Labute approximate surface area is 190 Å². The Morgan fingerprint density at radius 1 is 1.24 bits per heavy atom. The van der Waals surface area contributed by atoms with Crippen LogP contribution in [0.15, 0.2) is 47.7 Å². The Hall–Kier alpha value is -1.65. The number of ether oxygens (including phenoxy) is 2. The van der Waals surface area contributed by atoms with Gasteiger partial charge in [0, 0.05) is 51.5 Å². The number of aromatic nitrogens is 2. The number of aliphatic imine (C=N–C) groups is 1. The lowest BCUT2D eigenvalue weighted by Gasteiger charge is -2.21. The standard InChI is InChI=1S/C21H31N5O2.HI/c1-22-21(25-9-8-19(14-25)17-28-11-10-27-2)23-12-20-13-24-26(16-20)15-18-6-4-3-5-7-18;/h3-7,13,16,19H,8-12,14-15,17H2,1-2H3,(H,22,23);1H. The van der Waals surface area contributed by atoms with E-state index >= 15 is 0 Å². The van der Waals surface area contributed by atoms with Crippen LogP contribution in [-0.2, 0) is 22.6 Å². The molecule has 1 aromatic heterocycles. The van der Waals surface area contributed by atoms with Gasteiger partial charge < -0.3 is 19.7 Å². The van der Waals surface area contributed by atoms with Crippen LogP contribution in [-0.4, -0.2) is 67.7 Å². The van der Waals surface area contributed by atoms with E-state index in [4.69, 9.17) is 9.47 Å². The van der Waals surface area contributed by atoms with Gasteiger partial charge in [-0.2, -0.15) is 5.10 Å². The van der Waals surface area contributed by atoms with Crippen LogP contribution >= 0.6 is 24.0 Å². The van der Waals surface area contributed by atoms with Gasteiger partial charge in [0.2, 0.25) is 0 Å². The Bertz CT molecular complexity index is 738. The highest BCUT2D eigenvalue weighted by molar-refractivity contribution is 14.0. The Morgan fingerprint density at radius 3 is 2.83 bits per heavy atom. The maximum absolute atomic E-state index is 5.68. The van der Waals surface area contributed by atoms with Crippen molar-refractivity contribution in [3.63, 3.8) is 0 Å². The molecule has 1 aliphatic heterocycles. The quantitative estimate of drug-likeness (QED) is 0.242. The molecular weight excluding hydrogens is 481 g/mol. The molecule has 1 saturated heterocycles. The number of likely N-dealkylation sites (tertiary alicyclic amines) is 1. The largest absolute Gasteiger partial charge is 0.382 e. The molecule has 0 amide bonds. The SMILES string of the molecule is CN=C(NCc1cnn(Cc2ccccc2)c1)N1CCC(COCCOC)C1.I. The minimum absolute atomic E-state index is 0. The van der Waals surface area contributed by atoms with E-state index in [2.05, 4.69) is 50.8 Å². The molecule has 7 nitrogen and oxygen atoms in total. The molecule has 29 heavy (non-hydrogen) atoms. The van der Waals surface area contributed by atoms with Gasteiger partial charge in [0.25, 0.3) is 0 Å². The molecule has 2 heterocycles. The lowest BCUT2D eigenvalue weighted by Crippen LogP contribution is -2.39. The van der Waals surface area contributed by atoms with E-state index in [0.29, 0.717) is 25.7 Å². The van der Waals surface area contributed by atoms with E-state index < -0.39 is 0 Å². The highest BCUT2D eigenvalue weighted by Gasteiger charge is 2.24. The van der Waals surface area contributed by atoms with Crippen molar-refractivity contribution in [1.29, 1.82) is 0 Å². The highest BCUT2D eigenvalue weighted by Crippen LogP contribution is 2.16. The molecule has 0 aliphatic carbocycles. The number of nitrogens with one attached hydrogen (secondary N) is 1. The zero-order valence-corrected chi connectivity index (χ0v) is 19.6. The zero-order valence-electron chi connectivity index (χ0n) is 17.3. The van der Waals surface area contributed by atoms with Crippen LogP contribution < -0.4 is 5.32 Å². The summed E-state index contributed by atoms with van der Waals surface area (Å²) in [7, 11) is 3.53. The molecule has 3 rings (SSSR count). The predicted molar refractivity (Wildman–Crippen MR) is 126 cm³/mol. The summed E-state index contributed by atoms with van der Waals surface area (Å²) >= 11 is 0. The number of hydrogen-bond donors (Lipinski definition) is 1.